The third kappa shape index (κ3) is 3.08. The third-order valence-electron chi connectivity index (χ3n) is 3.09. The summed E-state index contributed by atoms with van der Waals surface area (Å²) in [6.07, 6.45) is 4.49. The molecule has 0 radical (unpaired) electrons. The van der Waals surface area contributed by atoms with Gasteiger partial charge >= 0.3 is 0 Å². The number of aryl methyl sites for hydroxylation is 1. The third-order valence-corrected chi connectivity index (χ3v) is 5.32. The quantitative estimate of drug-likeness (QED) is 0.774. The zero-order valence-electron chi connectivity index (χ0n) is 11.8. The molecule has 0 atom stereocenters. The van der Waals surface area contributed by atoms with Crippen molar-refractivity contribution in [2.75, 3.05) is 0 Å². The van der Waals surface area contributed by atoms with Crippen LogP contribution in [-0.4, -0.2) is 23.2 Å². The number of thiophene rings is 1. The van der Waals surface area contributed by atoms with E-state index in [4.69, 9.17) is 0 Å². The molecule has 3 aromatic heterocycles. The number of rotatable bonds is 5. The fourth-order valence-corrected chi connectivity index (χ4v) is 3.76. The normalized spacial score (nSPS) is 11.7. The Balaban J connectivity index is 1.83. The van der Waals surface area contributed by atoms with Crippen LogP contribution in [0.1, 0.15) is 5.56 Å². The molecule has 22 heavy (non-hydrogen) atoms. The Labute approximate surface area is 132 Å². The van der Waals surface area contributed by atoms with Crippen LogP contribution in [0.25, 0.3) is 10.6 Å². The highest BCUT2D eigenvalue weighted by Gasteiger charge is 2.17. The zero-order chi connectivity index (χ0) is 15.6. The maximum absolute atomic E-state index is 12.2. The molecule has 0 aliphatic heterocycles. The summed E-state index contributed by atoms with van der Waals surface area (Å²) in [5.74, 6) is 0. The van der Waals surface area contributed by atoms with Crippen molar-refractivity contribution in [2.24, 2.45) is 7.05 Å². The molecule has 0 aliphatic rings. The molecule has 0 saturated heterocycles. The van der Waals surface area contributed by atoms with Crippen LogP contribution >= 0.6 is 11.3 Å². The van der Waals surface area contributed by atoms with Crippen LogP contribution in [0, 0.1) is 0 Å². The molecule has 3 rings (SSSR count). The van der Waals surface area contributed by atoms with Crippen molar-refractivity contribution in [1.29, 1.82) is 0 Å². The van der Waals surface area contributed by atoms with Gasteiger partial charge in [-0.3, -0.25) is 9.67 Å². The summed E-state index contributed by atoms with van der Waals surface area (Å²) in [4.78, 5) is 5.52. The number of nitrogens with one attached hydrogen (secondary N) is 1. The van der Waals surface area contributed by atoms with Crippen molar-refractivity contribution < 1.29 is 8.42 Å². The second kappa shape index (κ2) is 5.99. The first kappa shape index (κ1) is 14.9. The van der Waals surface area contributed by atoms with Gasteiger partial charge in [-0.2, -0.15) is 5.10 Å². The number of hydrogen-bond acceptors (Lipinski definition) is 5. The Morgan fingerprint density at radius 3 is 2.86 bits per heavy atom. The topological polar surface area (TPSA) is 76.9 Å². The largest absolute Gasteiger partial charge is 0.274 e. The average molecular weight is 334 g/mol. The molecule has 8 heteroatoms. The van der Waals surface area contributed by atoms with Crippen LogP contribution in [0.3, 0.4) is 0 Å². The molecule has 0 amide bonds. The molecular formula is C14H14N4O2S2. The first-order chi connectivity index (χ1) is 10.6. The summed E-state index contributed by atoms with van der Waals surface area (Å²) >= 11 is 1.57. The highest BCUT2D eigenvalue weighted by atomic mass is 32.2. The molecule has 0 aliphatic carbocycles. The standard InChI is InChI=1S/C14H14N4O2S2/c1-18-10-12(9-16-18)22(19,20)17-8-11-4-2-6-15-14(11)13-5-3-7-21-13/h2-7,9-10,17H,8H2,1H3. The van der Waals surface area contributed by atoms with E-state index in [0.717, 1.165) is 16.1 Å². The first-order valence-electron chi connectivity index (χ1n) is 6.52. The Morgan fingerprint density at radius 2 is 2.18 bits per heavy atom. The van der Waals surface area contributed by atoms with Crippen molar-refractivity contribution in [2.45, 2.75) is 11.4 Å². The average Bonchev–Trinajstić information content (AvgIpc) is 3.17. The van der Waals surface area contributed by atoms with Crippen LogP contribution in [0.4, 0.5) is 0 Å². The predicted molar refractivity (Wildman–Crippen MR) is 84.8 cm³/mol. The fraction of sp³-hybridized carbons (Fsp3) is 0.143. The maximum atomic E-state index is 12.2. The van der Waals surface area contributed by atoms with E-state index in [2.05, 4.69) is 14.8 Å². The van der Waals surface area contributed by atoms with Gasteiger partial charge in [0, 0.05) is 26.0 Å². The second-order valence-electron chi connectivity index (χ2n) is 4.66. The Hall–Kier alpha value is -2.03. The van der Waals surface area contributed by atoms with Crippen LogP contribution < -0.4 is 4.72 Å². The minimum Gasteiger partial charge on any atom is -0.274 e. The van der Waals surface area contributed by atoms with Crippen molar-refractivity contribution in [3.63, 3.8) is 0 Å². The van der Waals surface area contributed by atoms with Crippen LogP contribution in [0.2, 0.25) is 0 Å². The smallest absolute Gasteiger partial charge is 0.243 e. The second-order valence-corrected chi connectivity index (χ2v) is 7.38. The van der Waals surface area contributed by atoms with E-state index in [0.29, 0.717) is 0 Å². The number of sulfonamides is 1. The van der Waals surface area contributed by atoms with Gasteiger partial charge in [-0.15, -0.1) is 11.3 Å². The number of nitrogens with zero attached hydrogens (tertiary/aromatic N) is 3. The highest BCUT2D eigenvalue weighted by molar-refractivity contribution is 7.89. The Kier molecular flexibility index (Phi) is 4.06. The summed E-state index contributed by atoms with van der Waals surface area (Å²) in [7, 11) is -1.91. The summed E-state index contributed by atoms with van der Waals surface area (Å²) < 4.78 is 28.5. The zero-order valence-corrected chi connectivity index (χ0v) is 13.4. The molecule has 0 spiro atoms. The minimum atomic E-state index is -3.58. The highest BCUT2D eigenvalue weighted by Crippen LogP contribution is 2.25. The lowest BCUT2D eigenvalue weighted by atomic mass is 10.2. The molecule has 0 fully saturated rings. The van der Waals surface area contributed by atoms with Gasteiger partial charge in [-0.1, -0.05) is 12.1 Å². The summed E-state index contributed by atoms with van der Waals surface area (Å²) in [5, 5.41) is 5.85. The molecule has 114 valence electrons. The number of hydrogen-bond donors (Lipinski definition) is 1. The molecule has 0 unspecified atom stereocenters. The maximum Gasteiger partial charge on any atom is 0.243 e. The molecular weight excluding hydrogens is 320 g/mol. The first-order valence-corrected chi connectivity index (χ1v) is 8.88. The van der Waals surface area contributed by atoms with Crippen LogP contribution in [-0.2, 0) is 23.6 Å². The van der Waals surface area contributed by atoms with Crippen molar-refractivity contribution >= 4 is 21.4 Å². The van der Waals surface area contributed by atoms with Crippen molar-refractivity contribution in [3.05, 3.63) is 53.8 Å². The molecule has 6 nitrogen and oxygen atoms in total. The van der Waals surface area contributed by atoms with Gasteiger partial charge in [0.05, 0.1) is 16.8 Å². The van der Waals surface area contributed by atoms with E-state index in [1.807, 2.05) is 23.6 Å². The molecule has 0 aromatic carbocycles. The van der Waals surface area contributed by atoms with E-state index in [-0.39, 0.29) is 11.4 Å². The van der Waals surface area contributed by atoms with E-state index in [1.165, 1.54) is 17.1 Å². The van der Waals surface area contributed by atoms with Gasteiger partial charge in [0.25, 0.3) is 0 Å². The number of aromatic nitrogens is 3. The van der Waals surface area contributed by atoms with E-state index in [1.54, 1.807) is 30.6 Å². The Morgan fingerprint density at radius 1 is 1.32 bits per heavy atom. The molecule has 3 heterocycles. The fourth-order valence-electron chi connectivity index (χ4n) is 2.01. The van der Waals surface area contributed by atoms with Gasteiger partial charge in [-0.25, -0.2) is 13.1 Å². The van der Waals surface area contributed by atoms with Crippen LogP contribution in [0.15, 0.2) is 53.1 Å². The van der Waals surface area contributed by atoms with Gasteiger partial charge in [-0.05, 0) is 23.1 Å². The van der Waals surface area contributed by atoms with Gasteiger partial charge in [0.2, 0.25) is 10.0 Å². The summed E-state index contributed by atoms with van der Waals surface area (Å²) in [5.41, 5.74) is 1.63. The van der Waals surface area contributed by atoms with Crippen LogP contribution in [0.5, 0.6) is 0 Å². The lowest BCUT2D eigenvalue weighted by Crippen LogP contribution is -2.23. The minimum absolute atomic E-state index is 0.150. The molecule has 1 N–H and O–H groups in total. The molecule has 3 aromatic rings. The van der Waals surface area contributed by atoms with Gasteiger partial charge in [0.15, 0.2) is 0 Å². The monoisotopic (exact) mass is 334 g/mol. The van der Waals surface area contributed by atoms with Crippen molar-refractivity contribution in [1.82, 2.24) is 19.5 Å². The van der Waals surface area contributed by atoms with E-state index < -0.39 is 10.0 Å². The molecule has 0 bridgehead atoms. The summed E-state index contributed by atoms with van der Waals surface area (Å²) in [6.45, 7) is 0.179. The SMILES string of the molecule is Cn1cc(S(=O)(=O)NCc2cccnc2-c2cccs2)cn1. The Bertz CT molecular complexity index is 870. The van der Waals surface area contributed by atoms with Crippen molar-refractivity contribution in [3.8, 4) is 10.6 Å². The van der Waals surface area contributed by atoms with E-state index in [9.17, 15) is 8.42 Å². The molecule has 0 saturated carbocycles. The van der Waals surface area contributed by atoms with Gasteiger partial charge < -0.3 is 0 Å². The predicted octanol–water partition coefficient (Wildman–Crippen LogP) is 2.02. The lowest BCUT2D eigenvalue weighted by molar-refractivity contribution is 0.581. The number of pyridine rings is 1. The van der Waals surface area contributed by atoms with Gasteiger partial charge in [0.1, 0.15) is 4.90 Å². The lowest BCUT2D eigenvalue weighted by Gasteiger charge is -2.08. The summed E-state index contributed by atoms with van der Waals surface area (Å²) in [6, 6.07) is 7.57. The van der Waals surface area contributed by atoms with E-state index >= 15 is 0 Å².